The summed E-state index contributed by atoms with van der Waals surface area (Å²) in [5.74, 6) is -0.262. The predicted molar refractivity (Wildman–Crippen MR) is 37.0 cm³/mol. The van der Waals surface area contributed by atoms with Crippen molar-refractivity contribution in [3.8, 4) is 0 Å². The third-order valence-electron chi connectivity index (χ3n) is 0.758. The molecule has 0 saturated heterocycles. The van der Waals surface area contributed by atoms with E-state index in [4.69, 9.17) is 5.11 Å². The van der Waals surface area contributed by atoms with Crippen molar-refractivity contribution in [2.45, 2.75) is 0 Å². The normalized spacial score (nSPS) is 10.6. The zero-order valence-electron chi connectivity index (χ0n) is 5.28. The van der Waals surface area contributed by atoms with Gasteiger partial charge in [-0.1, -0.05) is 6.58 Å². The van der Waals surface area contributed by atoms with Crippen molar-refractivity contribution in [1.29, 1.82) is 0 Å². The van der Waals surface area contributed by atoms with E-state index >= 15 is 0 Å². The van der Waals surface area contributed by atoms with Gasteiger partial charge >= 0.3 is 0 Å². The zero-order chi connectivity index (χ0) is 8.15. The minimum absolute atomic E-state index is 0.262. The second-order valence-electron chi connectivity index (χ2n) is 1.52. The maximum absolute atomic E-state index is 9.87. The molecule has 0 aromatic rings. The van der Waals surface area contributed by atoms with Crippen LogP contribution in [0.4, 0.5) is 0 Å². The molecule has 0 radical (unpaired) electrons. The molecule has 0 aliphatic heterocycles. The Bertz CT molecular complexity index is 205. The molecule has 0 aromatic heterocycles. The van der Waals surface area contributed by atoms with Crippen molar-refractivity contribution >= 4 is 0 Å². The van der Waals surface area contributed by atoms with Gasteiger partial charge in [0.25, 0.3) is 5.70 Å². The molecule has 0 atom stereocenters. The molecule has 0 aliphatic carbocycles. The van der Waals surface area contributed by atoms with Crippen LogP contribution in [0, 0.1) is 10.1 Å². The van der Waals surface area contributed by atoms with E-state index in [1.165, 1.54) is 0 Å². The Morgan fingerprint density at radius 1 is 1.70 bits per heavy atom. The maximum Gasteiger partial charge on any atom is 0.266 e. The lowest BCUT2D eigenvalue weighted by molar-refractivity contribution is -0.418. The fourth-order valence-electron chi connectivity index (χ4n) is 0.282. The quantitative estimate of drug-likeness (QED) is 0.279. The molecule has 10 heavy (non-hydrogen) atoms. The number of hydrogen-bond acceptors (Lipinski definition) is 3. The molecule has 0 bridgehead atoms. The van der Waals surface area contributed by atoms with E-state index in [0.717, 1.165) is 12.2 Å². The first-order valence-corrected chi connectivity index (χ1v) is 2.44. The highest BCUT2D eigenvalue weighted by Crippen LogP contribution is 1.98. The first-order chi connectivity index (χ1) is 4.57. The molecular formula is C6H7NO3. The molecule has 54 valence electrons. The van der Waals surface area contributed by atoms with Crippen molar-refractivity contribution in [3.05, 3.63) is 46.9 Å². The summed E-state index contributed by atoms with van der Waals surface area (Å²) in [6.45, 7) is 6.25. The minimum atomic E-state index is -0.695. The highest BCUT2D eigenvalue weighted by molar-refractivity contribution is 5.17. The van der Waals surface area contributed by atoms with E-state index in [0.29, 0.717) is 0 Å². The minimum Gasteiger partial charge on any atom is -0.508 e. The summed E-state index contributed by atoms with van der Waals surface area (Å²) in [7, 11) is 0. The van der Waals surface area contributed by atoms with Gasteiger partial charge in [-0.3, -0.25) is 10.1 Å². The second kappa shape index (κ2) is 3.45. The molecular weight excluding hydrogens is 134 g/mol. The predicted octanol–water partition coefficient (Wildman–Crippen LogP) is 1.40. The van der Waals surface area contributed by atoms with E-state index in [2.05, 4.69) is 13.2 Å². The number of nitro groups is 1. The van der Waals surface area contributed by atoms with E-state index in [-0.39, 0.29) is 11.5 Å². The number of aliphatic hydroxyl groups excluding tert-OH is 1. The molecule has 4 nitrogen and oxygen atoms in total. The number of rotatable bonds is 3. The van der Waals surface area contributed by atoms with Crippen LogP contribution in [0.1, 0.15) is 0 Å². The standard InChI is InChI=1S/C6H7NO3/c1-3-6(8)4-5(2)7(9)10/h3-4,8H,1-2H2/b6-4+. The highest BCUT2D eigenvalue weighted by atomic mass is 16.6. The van der Waals surface area contributed by atoms with Gasteiger partial charge in [-0.05, 0) is 12.7 Å². The van der Waals surface area contributed by atoms with E-state index in [1.807, 2.05) is 0 Å². The Kier molecular flexibility index (Phi) is 2.90. The van der Waals surface area contributed by atoms with Crippen molar-refractivity contribution in [2.75, 3.05) is 0 Å². The molecule has 0 heterocycles. The van der Waals surface area contributed by atoms with Gasteiger partial charge in [0.05, 0.1) is 11.0 Å². The molecule has 0 fully saturated rings. The second-order valence-corrected chi connectivity index (χ2v) is 1.52. The van der Waals surface area contributed by atoms with Gasteiger partial charge < -0.3 is 5.11 Å². The SMILES string of the molecule is C=C/C(O)=C\C(=C)[N+](=O)[O-]. The summed E-state index contributed by atoms with van der Waals surface area (Å²) in [5.41, 5.74) is -0.364. The van der Waals surface area contributed by atoms with Crippen LogP contribution in [0.3, 0.4) is 0 Å². The average Bonchev–Trinajstić information content (AvgIpc) is 1.87. The average molecular weight is 141 g/mol. The van der Waals surface area contributed by atoms with Crippen LogP contribution in [0.5, 0.6) is 0 Å². The molecule has 4 heteroatoms. The Labute approximate surface area is 57.9 Å². The highest BCUT2D eigenvalue weighted by Gasteiger charge is 2.01. The van der Waals surface area contributed by atoms with Crippen molar-refractivity contribution in [2.24, 2.45) is 0 Å². The summed E-state index contributed by atoms with van der Waals surface area (Å²) in [4.78, 5) is 9.17. The Morgan fingerprint density at radius 2 is 2.20 bits per heavy atom. The van der Waals surface area contributed by atoms with E-state index in [9.17, 15) is 10.1 Å². The van der Waals surface area contributed by atoms with Crippen molar-refractivity contribution < 1.29 is 10.0 Å². The van der Waals surface area contributed by atoms with Gasteiger partial charge in [0.15, 0.2) is 0 Å². The third kappa shape index (κ3) is 2.66. The van der Waals surface area contributed by atoms with Crippen LogP contribution in [0.15, 0.2) is 36.8 Å². The first-order valence-electron chi connectivity index (χ1n) is 2.44. The number of aliphatic hydroxyl groups is 1. The molecule has 0 spiro atoms. The van der Waals surface area contributed by atoms with Gasteiger partial charge in [-0.25, -0.2) is 0 Å². The molecule has 0 unspecified atom stereocenters. The lowest BCUT2D eigenvalue weighted by Crippen LogP contribution is -1.93. The topological polar surface area (TPSA) is 63.4 Å². The Hall–Kier alpha value is -1.58. The number of nitrogens with zero attached hydrogens (tertiary/aromatic N) is 1. The van der Waals surface area contributed by atoms with Gasteiger partial charge in [0.1, 0.15) is 5.76 Å². The zero-order valence-corrected chi connectivity index (χ0v) is 5.28. The van der Waals surface area contributed by atoms with Crippen LogP contribution in [0.2, 0.25) is 0 Å². The number of allylic oxidation sites excluding steroid dienone is 2. The summed E-state index contributed by atoms with van der Waals surface area (Å²) in [5, 5.41) is 18.5. The molecule has 0 rings (SSSR count). The van der Waals surface area contributed by atoms with Crippen LogP contribution in [-0.2, 0) is 0 Å². The molecule has 1 N–H and O–H groups in total. The monoisotopic (exact) mass is 141 g/mol. The van der Waals surface area contributed by atoms with Crippen LogP contribution < -0.4 is 0 Å². The largest absolute Gasteiger partial charge is 0.508 e. The lowest BCUT2D eigenvalue weighted by atomic mass is 10.4. The van der Waals surface area contributed by atoms with E-state index < -0.39 is 4.92 Å². The molecule has 0 aromatic carbocycles. The molecule has 0 saturated carbocycles. The van der Waals surface area contributed by atoms with E-state index in [1.54, 1.807) is 0 Å². The fourth-order valence-corrected chi connectivity index (χ4v) is 0.282. The lowest BCUT2D eigenvalue weighted by Gasteiger charge is -1.87. The number of hydrogen-bond donors (Lipinski definition) is 1. The first kappa shape index (κ1) is 8.42. The Morgan fingerprint density at radius 3 is 2.50 bits per heavy atom. The Balaban J connectivity index is 4.27. The van der Waals surface area contributed by atoms with Crippen molar-refractivity contribution in [3.63, 3.8) is 0 Å². The van der Waals surface area contributed by atoms with Gasteiger partial charge in [0, 0.05) is 0 Å². The third-order valence-corrected chi connectivity index (χ3v) is 0.758. The van der Waals surface area contributed by atoms with Crippen LogP contribution in [0.25, 0.3) is 0 Å². The summed E-state index contributed by atoms with van der Waals surface area (Å²) in [6.07, 6.45) is 2.02. The van der Waals surface area contributed by atoms with Crippen LogP contribution >= 0.6 is 0 Å². The van der Waals surface area contributed by atoms with Gasteiger partial charge in [-0.15, -0.1) is 0 Å². The molecule has 0 aliphatic rings. The summed E-state index contributed by atoms with van der Waals surface area (Å²) < 4.78 is 0. The summed E-state index contributed by atoms with van der Waals surface area (Å²) >= 11 is 0. The van der Waals surface area contributed by atoms with Gasteiger partial charge in [-0.2, -0.15) is 0 Å². The van der Waals surface area contributed by atoms with Gasteiger partial charge in [0.2, 0.25) is 0 Å². The molecule has 0 amide bonds. The smallest absolute Gasteiger partial charge is 0.266 e. The fraction of sp³-hybridized carbons (Fsp3) is 0. The van der Waals surface area contributed by atoms with Crippen molar-refractivity contribution in [1.82, 2.24) is 0 Å². The van der Waals surface area contributed by atoms with Crippen LogP contribution in [-0.4, -0.2) is 10.0 Å². The summed E-state index contributed by atoms with van der Waals surface area (Å²) in [6, 6.07) is 0. The maximum atomic E-state index is 9.87.